The number of hydrogen-bond donors (Lipinski definition) is 1. The highest BCUT2D eigenvalue weighted by molar-refractivity contribution is 5.74. The molecule has 100 valence electrons. The monoisotopic (exact) mass is 252 g/mol. The van der Waals surface area contributed by atoms with Gasteiger partial charge in [-0.15, -0.1) is 0 Å². The molecule has 6 nitrogen and oxygen atoms in total. The van der Waals surface area contributed by atoms with Crippen LogP contribution in [0.15, 0.2) is 12.3 Å². The molecule has 2 rings (SSSR count). The van der Waals surface area contributed by atoms with E-state index in [0.29, 0.717) is 13.2 Å². The van der Waals surface area contributed by atoms with E-state index in [1.807, 2.05) is 19.3 Å². The van der Waals surface area contributed by atoms with Crippen LogP contribution >= 0.6 is 0 Å². The van der Waals surface area contributed by atoms with Gasteiger partial charge in [0.05, 0.1) is 24.9 Å². The normalized spacial score (nSPS) is 19.6. The van der Waals surface area contributed by atoms with Gasteiger partial charge in [-0.1, -0.05) is 0 Å². The third-order valence-electron chi connectivity index (χ3n) is 3.00. The smallest absolute Gasteiger partial charge is 0.317 e. The van der Waals surface area contributed by atoms with E-state index in [0.717, 1.165) is 25.1 Å². The van der Waals surface area contributed by atoms with Crippen molar-refractivity contribution in [2.45, 2.75) is 25.4 Å². The highest BCUT2D eigenvalue weighted by Gasteiger charge is 2.18. The Hall–Kier alpha value is -1.56. The van der Waals surface area contributed by atoms with Gasteiger partial charge in [-0.3, -0.25) is 4.68 Å². The van der Waals surface area contributed by atoms with Crippen molar-refractivity contribution in [1.82, 2.24) is 20.0 Å². The number of ether oxygens (including phenoxy) is 1. The first-order chi connectivity index (χ1) is 8.65. The number of urea groups is 1. The zero-order chi connectivity index (χ0) is 13.0. The van der Waals surface area contributed by atoms with Gasteiger partial charge in [0.1, 0.15) is 0 Å². The minimum atomic E-state index is -0.0730. The lowest BCUT2D eigenvalue weighted by Gasteiger charge is -2.26. The van der Waals surface area contributed by atoms with E-state index in [9.17, 15) is 4.79 Å². The molecule has 0 spiro atoms. The molecule has 6 heteroatoms. The Balaban J connectivity index is 1.80. The number of aryl methyl sites for hydroxylation is 1. The van der Waals surface area contributed by atoms with E-state index in [-0.39, 0.29) is 12.1 Å². The van der Waals surface area contributed by atoms with Crippen molar-refractivity contribution >= 4 is 6.03 Å². The van der Waals surface area contributed by atoms with Gasteiger partial charge in [-0.25, -0.2) is 4.79 Å². The molecule has 1 fully saturated rings. The Labute approximate surface area is 107 Å². The molecule has 0 unspecified atom stereocenters. The van der Waals surface area contributed by atoms with Gasteiger partial charge in [-0.05, 0) is 18.9 Å². The van der Waals surface area contributed by atoms with Crippen molar-refractivity contribution < 1.29 is 9.53 Å². The second-order valence-electron chi connectivity index (χ2n) is 4.70. The van der Waals surface area contributed by atoms with Crippen LogP contribution in [0.4, 0.5) is 4.79 Å². The number of nitrogens with one attached hydrogen (secondary N) is 1. The summed E-state index contributed by atoms with van der Waals surface area (Å²) >= 11 is 0. The SMILES string of the molecule is CN(Cc1ccn(C)n1)C(=O)N[C@@H]1CCCOC1. The van der Waals surface area contributed by atoms with Crippen LogP contribution in [0.1, 0.15) is 18.5 Å². The van der Waals surface area contributed by atoms with E-state index < -0.39 is 0 Å². The number of carbonyl (C=O) groups is 1. The maximum atomic E-state index is 11.9. The molecule has 1 atom stereocenters. The second kappa shape index (κ2) is 5.86. The van der Waals surface area contributed by atoms with E-state index >= 15 is 0 Å². The first kappa shape index (κ1) is 12.9. The highest BCUT2D eigenvalue weighted by Crippen LogP contribution is 2.07. The predicted molar refractivity (Wildman–Crippen MR) is 67.0 cm³/mol. The first-order valence-electron chi connectivity index (χ1n) is 6.23. The molecule has 0 bridgehead atoms. The molecule has 2 heterocycles. The molecule has 0 saturated carbocycles. The molecule has 1 N–H and O–H groups in total. The molecule has 1 aliphatic rings. The number of rotatable bonds is 3. The van der Waals surface area contributed by atoms with Gasteiger partial charge in [0.15, 0.2) is 0 Å². The fraction of sp³-hybridized carbons (Fsp3) is 0.667. The van der Waals surface area contributed by atoms with Crippen LogP contribution in [-0.2, 0) is 18.3 Å². The van der Waals surface area contributed by atoms with Crippen molar-refractivity contribution in [3.8, 4) is 0 Å². The molecule has 1 aromatic heterocycles. The summed E-state index contributed by atoms with van der Waals surface area (Å²) in [5.74, 6) is 0. The molecule has 1 aliphatic heterocycles. The lowest BCUT2D eigenvalue weighted by atomic mass is 10.1. The summed E-state index contributed by atoms with van der Waals surface area (Å²) in [4.78, 5) is 13.6. The summed E-state index contributed by atoms with van der Waals surface area (Å²) in [6.45, 7) is 1.93. The van der Waals surface area contributed by atoms with Crippen LogP contribution in [0.3, 0.4) is 0 Å². The number of nitrogens with zero attached hydrogens (tertiary/aromatic N) is 3. The average Bonchev–Trinajstić information content (AvgIpc) is 2.76. The third kappa shape index (κ3) is 3.46. The maximum Gasteiger partial charge on any atom is 0.317 e. The Morgan fingerprint density at radius 3 is 3.17 bits per heavy atom. The third-order valence-corrected chi connectivity index (χ3v) is 3.00. The molecule has 1 aromatic rings. The van der Waals surface area contributed by atoms with E-state index in [4.69, 9.17) is 4.74 Å². The van der Waals surface area contributed by atoms with Gasteiger partial charge in [0, 0.05) is 26.9 Å². The van der Waals surface area contributed by atoms with Crippen LogP contribution in [0.25, 0.3) is 0 Å². The Morgan fingerprint density at radius 1 is 1.72 bits per heavy atom. The second-order valence-corrected chi connectivity index (χ2v) is 4.70. The minimum Gasteiger partial charge on any atom is -0.379 e. The number of aromatic nitrogens is 2. The van der Waals surface area contributed by atoms with Crippen molar-refractivity contribution in [2.75, 3.05) is 20.3 Å². The fourth-order valence-electron chi connectivity index (χ4n) is 2.00. The van der Waals surface area contributed by atoms with Crippen LogP contribution in [0, 0.1) is 0 Å². The summed E-state index contributed by atoms with van der Waals surface area (Å²) < 4.78 is 7.07. The van der Waals surface area contributed by atoms with Crippen LogP contribution in [0.2, 0.25) is 0 Å². The fourth-order valence-corrected chi connectivity index (χ4v) is 2.00. The molecule has 0 aliphatic carbocycles. The van der Waals surface area contributed by atoms with Crippen molar-refractivity contribution in [3.05, 3.63) is 18.0 Å². The van der Waals surface area contributed by atoms with E-state index in [1.165, 1.54) is 0 Å². The topological polar surface area (TPSA) is 59.4 Å². The lowest BCUT2D eigenvalue weighted by molar-refractivity contribution is 0.0711. The van der Waals surface area contributed by atoms with E-state index in [1.54, 1.807) is 16.6 Å². The van der Waals surface area contributed by atoms with Gasteiger partial charge in [-0.2, -0.15) is 5.10 Å². The van der Waals surface area contributed by atoms with Gasteiger partial charge in [0.2, 0.25) is 0 Å². The standard InChI is InChI=1S/C12H20N4O2/c1-15(8-10-5-6-16(2)14-10)12(17)13-11-4-3-7-18-9-11/h5-6,11H,3-4,7-9H2,1-2H3,(H,13,17)/t11-/m1/s1. The Kier molecular flexibility index (Phi) is 4.19. The molecule has 18 heavy (non-hydrogen) atoms. The molecule has 0 aromatic carbocycles. The minimum absolute atomic E-state index is 0.0730. The maximum absolute atomic E-state index is 11.9. The number of carbonyl (C=O) groups excluding carboxylic acids is 1. The molecule has 0 radical (unpaired) electrons. The predicted octanol–water partition coefficient (Wildman–Crippen LogP) is 0.740. The summed E-state index contributed by atoms with van der Waals surface area (Å²) in [5, 5.41) is 7.22. The summed E-state index contributed by atoms with van der Waals surface area (Å²) in [6.07, 6.45) is 3.87. The molecular formula is C12H20N4O2. The van der Waals surface area contributed by atoms with Gasteiger partial charge < -0.3 is 15.0 Å². The van der Waals surface area contributed by atoms with E-state index in [2.05, 4.69) is 10.4 Å². The summed E-state index contributed by atoms with van der Waals surface area (Å²) in [6, 6.07) is 1.97. The zero-order valence-corrected chi connectivity index (χ0v) is 10.9. The largest absolute Gasteiger partial charge is 0.379 e. The molecular weight excluding hydrogens is 232 g/mol. The Morgan fingerprint density at radius 2 is 2.56 bits per heavy atom. The van der Waals surface area contributed by atoms with Crippen LogP contribution < -0.4 is 5.32 Å². The lowest BCUT2D eigenvalue weighted by Crippen LogP contribution is -2.46. The molecule has 2 amide bonds. The van der Waals surface area contributed by atoms with Gasteiger partial charge in [0.25, 0.3) is 0 Å². The van der Waals surface area contributed by atoms with Crippen molar-refractivity contribution in [3.63, 3.8) is 0 Å². The summed E-state index contributed by atoms with van der Waals surface area (Å²) in [7, 11) is 3.64. The zero-order valence-electron chi connectivity index (χ0n) is 10.9. The average molecular weight is 252 g/mol. The van der Waals surface area contributed by atoms with Crippen LogP contribution in [0.5, 0.6) is 0 Å². The number of amides is 2. The number of hydrogen-bond acceptors (Lipinski definition) is 3. The van der Waals surface area contributed by atoms with Crippen LogP contribution in [-0.4, -0.2) is 47.0 Å². The van der Waals surface area contributed by atoms with Gasteiger partial charge >= 0.3 is 6.03 Å². The Bertz CT molecular complexity index is 399. The quantitative estimate of drug-likeness (QED) is 0.863. The van der Waals surface area contributed by atoms with Crippen molar-refractivity contribution in [1.29, 1.82) is 0 Å². The highest BCUT2D eigenvalue weighted by atomic mass is 16.5. The van der Waals surface area contributed by atoms with Crippen molar-refractivity contribution in [2.24, 2.45) is 7.05 Å². The first-order valence-corrected chi connectivity index (χ1v) is 6.23. The summed E-state index contributed by atoms with van der Waals surface area (Å²) in [5.41, 5.74) is 0.884. The molecule has 1 saturated heterocycles.